The van der Waals surface area contributed by atoms with E-state index in [2.05, 4.69) is 32.7 Å². The largest absolute Gasteiger partial charge is 0.497 e. The zero-order valence-electron chi connectivity index (χ0n) is 17.8. The summed E-state index contributed by atoms with van der Waals surface area (Å²) in [6, 6.07) is 15.2. The van der Waals surface area contributed by atoms with Crippen molar-refractivity contribution in [3.8, 4) is 5.75 Å². The van der Waals surface area contributed by atoms with Gasteiger partial charge in [-0.05, 0) is 55.0 Å². The molecule has 0 bridgehead atoms. The van der Waals surface area contributed by atoms with E-state index in [0.717, 1.165) is 62.7 Å². The van der Waals surface area contributed by atoms with Gasteiger partial charge < -0.3 is 20.3 Å². The Bertz CT molecular complexity index is 896. The number of hydrogen-bond acceptors (Lipinski definition) is 3. The molecular formula is C24H31FN4O. The van der Waals surface area contributed by atoms with Crippen LogP contribution < -0.4 is 20.3 Å². The van der Waals surface area contributed by atoms with E-state index < -0.39 is 0 Å². The van der Waals surface area contributed by atoms with Crippen LogP contribution in [0.3, 0.4) is 0 Å². The van der Waals surface area contributed by atoms with E-state index in [1.165, 1.54) is 11.8 Å². The van der Waals surface area contributed by atoms with Crippen molar-refractivity contribution >= 4 is 11.6 Å². The Kier molecular flexibility index (Phi) is 6.11. The number of nitrogens with zero attached hydrogens (tertiary/aromatic N) is 2. The molecule has 1 atom stereocenters. The molecule has 1 aliphatic carbocycles. The highest BCUT2D eigenvalue weighted by molar-refractivity contribution is 5.79. The molecule has 30 heavy (non-hydrogen) atoms. The molecule has 0 aromatic heterocycles. The minimum absolute atomic E-state index is 0.0379. The van der Waals surface area contributed by atoms with Crippen LogP contribution in [0.1, 0.15) is 24.8 Å². The number of rotatable bonds is 7. The molecule has 2 N–H and O–H groups in total. The van der Waals surface area contributed by atoms with Gasteiger partial charge in [0.2, 0.25) is 0 Å². The fraction of sp³-hybridized carbons (Fsp3) is 0.458. The smallest absolute Gasteiger partial charge is 0.191 e. The van der Waals surface area contributed by atoms with Gasteiger partial charge in [-0.2, -0.15) is 0 Å². The number of hydrogen-bond donors (Lipinski definition) is 2. The molecule has 160 valence electrons. The van der Waals surface area contributed by atoms with Crippen molar-refractivity contribution < 1.29 is 9.13 Å². The number of halogens is 1. The van der Waals surface area contributed by atoms with E-state index in [9.17, 15) is 4.39 Å². The maximum atomic E-state index is 13.6. The first-order valence-corrected chi connectivity index (χ1v) is 10.7. The molecule has 2 aromatic carbocycles. The van der Waals surface area contributed by atoms with Crippen LogP contribution in [0, 0.1) is 11.7 Å². The first kappa shape index (κ1) is 20.5. The second kappa shape index (κ2) is 8.94. The van der Waals surface area contributed by atoms with Gasteiger partial charge in [0.1, 0.15) is 11.6 Å². The lowest BCUT2D eigenvalue weighted by molar-refractivity contribution is 0.415. The molecule has 4 rings (SSSR count). The highest BCUT2D eigenvalue weighted by Gasteiger charge is 2.44. The summed E-state index contributed by atoms with van der Waals surface area (Å²) in [6.45, 7) is 3.72. The Morgan fingerprint density at radius 2 is 2.03 bits per heavy atom. The molecule has 0 radical (unpaired) electrons. The Morgan fingerprint density at radius 3 is 2.77 bits per heavy atom. The van der Waals surface area contributed by atoms with E-state index in [4.69, 9.17) is 4.74 Å². The summed E-state index contributed by atoms with van der Waals surface area (Å²) in [6.07, 6.45) is 3.31. The minimum Gasteiger partial charge on any atom is -0.497 e. The minimum atomic E-state index is -0.164. The number of ether oxygens (including phenoxy) is 1. The van der Waals surface area contributed by atoms with Gasteiger partial charge in [0.05, 0.1) is 7.11 Å². The van der Waals surface area contributed by atoms with Crippen LogP contribution in [0.25, 0.3) is 0 Å². The van der Waals surface area contributed by atoms with Gasteiger partial charge in [-0.3, -0.25) is 4.99 Å². The van der Waals surface area contributed by atoms with E-state index in [1.54, 1.807) is 26.3 Å². The first-order valence-electron chi connectivity index (χ1n) is 10.7. The van der Waals surface area contributed by atoms with Gasteiger partial charge in [0, 0.05) is 50.4 Å². The summed E-state index contributed by atoms with van der Waals surface area (Å²) in [5.41, 5.74) is 2.33. The van der Waals surface area contributed by atoms with Crippen LogP contribution >= 0.6 is 0 Å². The maximum absolute atomic E-state index is 13.6. The molecule has 1 saturated carbocycles. The zero-order valence-corrected chi connectivity index (χ0v) is 17.8. The molecule has 2 aromatic rings. The summed E-state index contributed by atoms with van der Waals surface area (Å²) in [7, 11) is 3.50. The Hall–Kier alpha value is -2.76. The van der Waals surface area contributed by atoms with Crippen LogP contribution in [-0.2, 0) is 5.41 Å². The summed E-state index contributed by atoms with van der Waals surface area (Å²) < 4.78 is 19.0. The van der Waals surface area contributed by atoms with Crippen LogP contribution in [-0.4, -0.2) is 46.3 Å². The first-order chi connectivity index (χ1) is 14.6. The van der Waals surface area contributed by atoms with Gasteiger partial charge in [0.25, 0.3) is 0 Å². The van der Waals surface area contributed by atoms with Crippen molar-refractivity contribution in [2.75, 3.05) is 45.2 Å². The number of aliphatic imine (C=N–C) groups is 1. The molecule has 2 aliphatic rings. The van der Waals surface area contributed by atoms with E-state index in [1.807, 2.05) is 18.2 Å². The number of methoxy groups -OCH3 is 1. The van der Waals surface area contributed by atoms with Crippen molar-refractivity contribution in [2.45, 2.75) is 24.7 Å². The van der Waals surface area contributed by atoms with Gasteiger partial charge in [-0.1, -0.05) is 18.2 Å². The molecule has 1 heterocycles. The van der Waals surface area contributed by atoms with Crippen molar-refractivity contribution in [3.05, 3.63) is 59.9 Å². The predicted octanol–water partition coefficient (Wildman–Crippen LogP) is 3.56. The Labute approximate surface area is 178 Å². The molecule has 1 aliphatic heterocycles. The molecule has 6 heteroatoms. The third kappa shape index (κ3) is 4.69. The number of guanidine groups is 1. The lowest BCUT2D eigenvalue weighted by Crippen LogP contribution is -2.43. The molecule has 2 fully saturated rings. The highest BCUT2D eigenvalue weighted by Crippen LogP contribution is 2.47. The third-order valence-electron chi connectivity index (χ3n) is 6.37. The summed E-state index contributed by atoms with van der Waals surface area (Å²) in [5, 5.41) is 6.94. The second-order valence-corrected chi connectivity index (χ2v) is 8.40. The van der Waals surface area contributed by atoms with Gasteiger partial charge >= 0.3 is 0 Å². The van der Waals surface area contributed by atoms with Gasteiger partial charge in [0.15, 0.2) is 5.96 Å². The molecule has 0 spiro atoms. The molecule has 1 unspecified atom stereocenters. The molecular weight excluding hydrogens is 379 g/mol. The van der Waals surface area contributed by atoms with Gasteiger partial charge in [-0.15, -0.1) is 0 Å². The highest BCUT2D eigenvalue weighted by atomic mass is 19.1. The molecule has 0 amide bonds. The van der Waals surface area contributed by atoms with Crippen molar-refractivity contribution in [1.82, 2.24) is 10.6 Å². The normalized spacial score (nSPS) is 20.2. The average molecular weight is 411 g/mol. The van der Waals surface area contributed by atoms with Gasteiger partial charge in [-0.25, -0.2) is 4.39 Å². The SMILES string of the molecule is CN=C(NCC1CCN(c2cccc(OC)c2)C1)NCC1(c2cccc(F)c2)CC1. The zero-order chi connectivity index (χ0) is 21.0. The number of nitrogens with one attached hydrogen (secondary N) is 2. The van der Waals surface area contributed by atoms with Crippen LogP contribution in [0.5, 0.6) is 5.75 Å². The summed E-state index contributed by atoms with van der Waals surface area (Å²) >= 11 is 0. The lowest BCUT2D eigenvalue weighted by Gasteiger charge is -2.21. The average Bonchev–Trinajstić information content (AvgIpc) is 3.42. The fourth-order valence-corrected chi connectivity index (χ4v) is 4.29. The summed E-state index contributed by atoms with van der Waals surface area (Å²) in [4.78, 5) is 6.79. The fourth-order valence-electron chi connectivity index (χ4n) is 4.29. The maximum Gasteiger partial charge on any atom is 0.191 e. The lowest BCUT2D eigenvalue weighted by atomic mass is 9.96. The van der Waals surface area contributed by atoms with Crippen LogP contribution in [0.4, 0.5) is 10.1 Å². The van der Waals surface area contributed by atoms with Crippen molar-refractivity contribution in [1.29, 1.82) is 0 Å². The third-order valence-corrected chi connectivity index (χ3v) is 6.37. The van der Waals surface area contributed by atoms with E-state index >= 15 is 0 Å². The Morgan fingerprint density at radius 1 is 1.20 bits per heavy atom. The van der Waals surface area contributed by atoms with Crippen molar-refractivity contribution in [3.63, 3.8) is 0 Å². The topological polar surface area (TPSA) is 48.9 Å². The van der Waals surface area contributed by atoms with E-state index in [-0.39, 0.29) is 11.2 Å². The predicted molar refractivity (Wildman–Crippen MR) is 120 cm³/mol. The van der Waals surface area contributed by atoms with E-state index in [0.29, 0.717) is 5.92 Å². The number of benzene rings is 2. The number of anilines is 1. The monoisotopic (exact) mass is 410 g/mol. The Balaban J connectivity index is 1.26. The summed E-state index contributed by atoms with van der Waals surface area (Å²) in [5.74, 6) is 2.11. The second-order valence-electron chi connectivity index (χ2n) is 8.40. The quantitative estimate of drug-likeness (QED) is 0.541. The van der Waals surface area contributed by atoms with Crippen LogP contribution in [0.15, 0.2) is 53.5 Å². The van der Waals surface area contributed by atoms with Crippen LogP contribution in [0.2, 0.25) is 0 Å². The standard InChI is InChI=1S/C24H31FN4O/c1-26-23(28-17-24(10-11-24)19-5-3-6-20(25)13-19)27-15-18-9-12-29(16-18)21-7-4-8-22(14-21)30-2/h3-8,13-14,18H,9-12,15-17H2,1-2H3,(H2,26,27,28). The van der Waals surface area contributed by atoms with Crippen molar-refractivity contribution in [2.24, 2.45) is 10.9 Å². The molecule has 5 nitrogen and oxygen atoms in total. The molecule has 1 saturated heterocycles.